The third-order valence-electron chi connectivity index (χ3n) is 3.97. The molecule has 0 bridgehead atoms. The molecule has 20 heavy (non-hydrogen) atoms. The van der Waals surface area contributed by atoms with Gasteiger partial charge >= 0.3 is 0 Å². The summed E-state index contributed by atoms with van der Waals surface area (Å²) in [7, 11) is 0. The fourth-order valence-electron chi connectivity index (χ4n) is 2.56. The first-order chi connectivity index (χ1) is 9.56. The third kappa shape index (κ3) is 4.35. The first-order valence-corrected chi connectivity index (χ1v) is 8.23. The molecule has 110 valence electrons. The molecule has 2 rings (SSSR count). The topological polar surface area (TPSA) is 15.3 Å². The highest BCUT2D eigenvalue weighted by atomic mass is 79.9. The molecule has 1 saturated heterocycles. The first-order valence-electron chi connectivity index (χ1n) is 7.43. The molecule has 1 heterocycles. The molecule has 2 nitrogen and oxygen atoms in total. The molecule has 0 atom stereocenters. The van der Waals surface area contributed by atoms with Crippen molar-refractivity contribution in [2.24, 2.45) is 0 Å². The molecule has 3 heteroatoms. The van der Waals surface area contributed by atoms with Gasteiger partial charge in [-0.15, -0.1) is 0 Å². The number of likely N-dealkylation sites (tertiary alicyclic amines) is 1. The van der Waals surface area contributed by atoms with E-state index < -0.39 is 0 Å². The molecule has 1 aliphatic heterocycles. The maximum atomic E-state index is 3.70. The van der Waals surface area contributed by atoms with Crippen LogP contribution in [0.4, 0.5) is 5.69 Å². The molecule has 1 N–H and O–H groups in total. The van der Waals surface area contributed by atoms with Gasteiger partial charge in [-0.25, -0.2) is 0 Å². The van der Waals surface area contributed by atoms with Gasteiger partial charge in [-0.3, -0.25) is 4.90 Å². The van der Waals surface area contributed by atoms with Gasteiger partial charge in [0, 0.05) is 35.8 Å². The van der Waals surface area contributed by atoms with Gasteiger partial charge in [-0.1, -0.05) is 33.6 Å². The number of benzene rings is 1. The Bertz CT molecular complexity index is 470. The summed E-state index contributed by atoms with van der Waals surface area (Å²) in [5.74, 6) is 0. The van der Waals surface area contributed by atoms with E-state index in [2.05, 4.69) is 71.2 Å². The van der Waals surface area contributed by atoms with E-state index in [1.165, 1.54) is 47.2 Å². The quantitative estimate of drug-likeness (QED) is 0.808. The summed E-state index contributed by atoms with van der Waals surface area (Å²) in [5.41, 5.74) is 3.98. The second kappa shape index (κ2) is 7.28. The van der Waals surface area contributed by atoms with Crippen LogP contribution in [0.3, 0.4) is 0 Å². The van der Waals surface area contributed by atoms with Crippen LogP contribution in [0, 0.1) is 6.92 Å². The van der Waals surface area contributed by atoms with E-state index in [1.807, 2.05) is 0 Å². The highest BCUT2D eigenvalue weighted by Crippen LogP contribution is 2.25. The zero-order valence-electron chi connectivity index (χ0n) is 12.7. The second-order valence-corrected chi connectivity index (χ2v) is 6.77. The lowest BCUT2D eigenvalue weighted by molar-refractivity contribution is 0.240. The standard InChI is InChI=1S/C17H25BrN2/c1-13(2)7-10-20-11-8-15(9-12-20)19-17-6-4-5-16(18)14(17)3/h4-7,15,19H,8-12H2,1-3H3. The number of nitrogens with zero attached hydrogens (tertiary/aromatic N) is 1. The summed E-state index contributed by atoms with van der Waals surface area (Å²) >= 11 is 3.60. The van der Waals surface area contributed by atoms with Gasteiger partial charge in [0.25, 0.3) is 0 Å². The van der Waals surface area contributed by atoms with Gasteiger partial charge in [0.15, 0.2) is 0 Å². The van der Waals surface area contributed by atoms with E-state index in [0.29, 0.717) is 6.04 Å². The van der Waals surface area contributed by atoms with Crippen LogP contribution < -0.4 is 5.32 Å². The van der Waals surface area contributed by atoms with Gasteiger partial charge in [0.1, 0.15) is 0 Å². The van der Waals surface area contributed by atoms with Crippen LogP contribution in [0.2, 0.25) is 0 Å². The molecule has 0 amide bonds. The van der Waals surface area contributed by atoms with E-state index in [4.69, 9.17) is 0 Å². The van der Waals surface area contributed by atoms with Crippen LogP contribution >= 0.6 is 15.9 Å². The van der Waals surface area contributed by atoms with Gasteiger partial charge in [0.05, 0.1) is 0 Å². The molecule has 0 aliphatic carbocycles. The van der Waals surface area contributed by atoms with Crippen LogP contribution in [0.25, 0.3) is 0 Å². The van der Waals surface area contributed by atoms with Gasteiger partial charge in [0.2, 0.25) is 0 Å². The molecular weight excluding hydrogens is 312 g/mol. The minimum absolute atomic E-state index is 0.603. The lowest BCUT2D eigenvalue weighted by atomic mass is 10.0. The zero-order chi connectivity index (χ0) is 14.5. The van der Waals surface area contributed by atoms with Gasteiger partial charge < -0.3 is 5.32 Å². The summed E-state index contributed by atoms with van der Waals surface area (Å²) in [6, 6.07) is 6.98. The maximum absolute atomic E-state index is 3.70. The Labute approximate surface area is 131 Å². The SMILES string of the molecule is CC(C)=CCN1CCC(Nc2cccc(Br)c2C)CC1. The summed E-state index contributed by atoms with van der Waals surface area (Å²) in [6.07, 6.45) is 4.78. The summed E-state index contributed by atoms with van der Waals surface area (Å²) in [4.78, 5) is 2.54. The third-order valence-corrected chi connectivity index (χ3v) is 4.83. The highest BCUT2D eigenvalue weighted by molar-refractivity contribution is 9.10. The summed E-state index contributed by atoms with van der Waals surface area (Å²) in [5, 5.41) is 3.70. The molecule has 0 saturated carbocycles. The Balaban J connectivity index is 1.85. The van der Waals surface area contributed by atoms with Crippen LogP contribution in [0.1, 0.15) is 32.3 Å². The Morgan fingerprint density at radius 3 is 2.70 bits per heavy atom. The lowest BCUT2D eigenvalue weighted by Gasteiger charge is -2.32. The van der Waals surface area contributed by atoms with Crippen molar-refractivity contribution < 1.29 is 0 Å². The van der Waals surface area contributed by atoms with E-state index in [9.17, 15) is 0 Å². The molecule has 0 spiro atoms. The van der Waals surface area contributed by atoms with Crippen LogP contribution in [0.15, 0.2) is 34.3 Å². The van der Waals surface area contributed by atoms with E-state index in [0.717, 1.165) is 6.54 Å². The largest absolute Gasteiger partial charge is 0.382 e. The molecule has 1 fully saturated rings. The zero-order valence-corrected chi connectivity index (χ0v) is 14.3. The Hall–Kier alpha value is -0.800. The monoisotopic (exact) mass is 336 g/mol. The molecule has 0 aromatic heterocycles. The first kappa shape index (κ1) is 15.6. The Morgan fingerprint density at radius 1 is 1.35 bits per heavy atom. The normalized spacial score (nSPS) is 17.0. The Morgan fingerprint density at radius 2 is 2.05 bits per heavy atom. The number of rotatable bonds is 4. The van der Waals surface area contributed by atoms with Gasteiger partial charge in [-0.05, 0) is 51.3 Å². The van der Waals surface area contributed by atoms with Crippen molar-refractivity contribution in [2.75, 3.05) is 25.0 Å². The number of nitrogens with one attached hydrogen (secondary N) is 1. The van der Waals surface area contributed by atoms with Crippen LogP contribution in [-0.4, -0.2) is 30.6 Å². The van der Waals surface area contributed by atoms with E-state index in [1.54, 1.807) is 0 Å². The fraction of sp³-hybridized carbons (Fsp3) is 0.529. The van der Waals surface area contributed by atoms with Crippen molar-refractivity contribution in [1.82, 2.24) is 4.90 Å². The minimum Gasteiger partial charge on any atom is -0.382 e. The number of anilines is 1. The minimum atomic E-state index is 0.603. The second-order valence-electron chi connectivity index (χ2n) is 5.91. The molecule has 1 aromatic carbocycles. The highest BCUT2D eigenvalue weighted by Gasteiger charge is 2.18. The van der Waals surface area contributed by atoms with Crippen molar-refractivity contribution in [3.63, 3.8) is 0 Å². The number of halogens is 1. The fourth-order valence-corrected chi connectivity index (χ4v) is 2.92. The average molecular weight is 337 g/mol. The van der Waals surface area contributed by atoms with Crippen molar-refractivity contribution in [3.05, 3.63) is 39.9 Å². The predicted molar refractivity (Wildman–Crippen MR) is 91.4 cm³/mol. The van der Waals surface area contributed by atoms with Crippen molar-refractivity contribution in [3.8, 4) is 0 Å². The van der Waals surface area contributed by atoms with E-state index >= 15 is 0 Å². The molecule has 0 radical (unpaired) electrons. The van der Waals surface area contributed by atoms with Crippen LogP contribution in [-0.2, 0) is 0 Å². The summed E-state index contributed by atoms with van der Waals surface area (Å²) in [6.45, 7) is 9.99. The Kier molecular flexibility index (Phi) is 5.67. The van der Waals surface area contributed by atoms with Gasteiger partial charge in [-0.2, -0.15) is 0 Å². The average Bonchev–Trinajstić information content (AvgIpc) is 2.43. The van der Waals surface area contributed by atoms with Crippen molar-refractivity contribution in [2.45, 2.75) is 39.7 Å². The molecule has 1 aliphatic rings. The number of hydrogen-bond donors (Lipinski definition) is 1. The molecular formula is C17H25BrN2. The molecule has 0 unspecified atom stereocenters. The summed E-state index contributed by atoms with van der Waals surface area (Å²) < 4.78 is 1.18. The number of hydrogen-bond acceptors (Lipinski definition) is 2. The van der Waals surface area contributed by atoms with E-state index in [-0.39, 0.29) is 0 Å². The van der Waals surface area contributed by atoms with Crippen molar-refractivity contribution in [1.29, 1.82) is 0 Å². The number of piperidine rings is 1. The smallest absolute Gasteiger partial charge is 0.0383 e. The predicted octanol–water partition coefficient (Wildman–Crippen LogP) is 4.60. The lowest BCUT2D eigenvalue weighted by Crippen LogP contribution is -2.39. The number of allylic oxidation sites excluding steroid dienone is 1. The van der Waals surface area contributed by atoms with Crippen molar-refractivity contribution >= 4 is 21.6 Å². The van der Waals surface area contributed by atoms with Crippen LogP contribution in [0.5, 0.6) is 0 Å². The molecule has 1 aromatic rings. The maximum Gasteiger partial charge on any atom is 0.0383 e.